The predicted molar refractivity (Wildman–Crippen MR) is 153 cm³/mol. The quantitative estimate of drug-likeness (QED) is 0.138. The second-order valence-electron chi connectivity index (χ2n) is 8.35. The Kier molecular flexibility index (Phi) is 12.3. The molecular weight excluding hydrogens is 521 g/mol. The lowest BCUT2D eigenvalue weighted by atomic mass is 10.1. The van der Waals surface area contributed by atoms with Gasteiger partial charge in [-0.3, -0.25) is 14.0 Å². The van der Waals surface area contributed by atoms with Crippen LogP contribution >= 0.6 is 11.8 Å². The van der Waals surface area contributed by atoms with Crippen molar-refractivity contribution in [1.29, 1.82) is 0 Å². The molecule has 206 valence electrons. The van der Waals surface area contributed by atoms with Crippen LogP contribution in [-0.2, 0) is 5.75 Å². The van der Waals surface area contributed by atoms with Gasteiger partial charge in [-0.15, -0.1) is 0 Å². The molecule has 0 heterocycles. The first-order chi connectivity index (χ1) is 19.0. The summed E-state index contributed by atoms with van der Waals surface area (Å²) in [5.41, 5.74) is 5.08. The van der Waals surface area contributed by atoms with E-state index in [0.717, 1.165) is 11.1 Å². The van der Waals surface area contributed by atoms with E-state index in [-0.39, 0.29) is 23.8 Å². The summed E-state index contributed by atoms with van der Waals surface area (Å²) in [4.78, 5) is 26.1. The highest BCUT2D eigenvalue weighted by molar-refractivity contribution is 7.98. The number of hydrazone groups is 1. The molecule has 0 aliphatic carbocycles. The molecule has 8 nitrogen and oxygen atoms in total. The zero-order chi connectivity index (χ0) is 27.9. The van der Waals surface area contributed by atoms with E-state index < -0.39 is 12.6 Å². The number of benzene rings is 3. The number of nitrogens with one attached hydrogen (secondary N) is 2. The molecule has 0 radical (unpaired) electrons. The van der Waals surface area contributed by atoms with Crippen LogP contribution in [0.3, 0.4) is 0 Å². The summed E-state index contributed by atoms with van der Waals surface area (Å²) in [6.07, 6.45) is 2.42. The van der Waals surface area contributed by atoms with Gasteiger partial charge in [0, 0.05) is 17.1 Å². The number of aliphatic hydroxyl groups is 1. The molecule has 0 aliphatic rings. The number of hydrogen-bond acceptors (Lipinski definition) is 7. The van der Waals surface area contributed by atoms with Gasteiger partial charge in [0.1, 0.15) is 11.5 Å². The lowest BCUT2D eigenvalue weighted by Gasteiger charge is -2.13. The van der Waals surface area contributed by atoms with Gasteiger partial charge >= 0.3 is 0 Å². The number of anilines is 1. The van der Waals surface area contributed by atoms with Gasteiger partial charge in [0.25, 0.3) is 11.8 Å². The number of unbranched alkanes of at least 4 members (excludes halogenated alkanes) is 1. The van der Waals surface area contributed by atoms with Gasteiger partial charge in [0.15, 0.2) is 0 Å². The van der Waals surface area contributed by atoms with Crippen molar-refractivity contribution < 1.29 is 28.6 Å². The molecule has 0 unspecified atom stereocenters. The second kappa shape index (κ2) is 16.2. The topological polar surface area (TPSA) is 109 Å². The minimum atomic E-state index is -0.543. The lowest BCUT2D eigenvalue weighted by Crippen LogP contribution is -2.21. The van der Waals surface area contributed by atoms with Crippen molar-refractivity contribution in [3.63, 3.8) is 0 Å². The Balaban J connectivity index is 1.76. The molecule has 0 aromatic heterocycles. The van der Waals surface area contributed by atoms with Gasteiger partial charge in [0.2, 0.25) is 0 Å². The Morgan fingerprint density at radius 2 is 1.82 bits per heavy atom. The van der Waals surface area contributed by atoms with Crippen molar-refractivity contribution >= 4 is 35.5 Å². The fourth-order valence-electron chi connectivity index (χ4n) is 3.46. The molecule has 0 fully saturated rings. The summed E-state index contributed by atoms with van der Waals surface area (Å²) in [5.74, 6) is 1.47. The van der Waals surface area contributed by atoms with Gasteiger partial charge in [0.05, 0.1) is 44.5 Å². The molecule has 0 saturated heterocycles. The Hall–Kier alpha value is -3.89. The van der Waals surface area contributed by atoms with Crippen LogP contribution in [0.2, 0.25) is 0 Å². The van der Waals surface area contributed by atoms with Crippen molar-refractivity contribution in [2.24, 2.45) is 5.10 Å². The van der Waals surface area contributed by atoms with Gasteiger partial charge in [-0.25, -0.2) is 5.43 Å². The first-order valence-corrected chi connectivity index (χ1v) is 13.6. The Bertz CT molecular complexity index is 1250. The van der Waals surface area contributed by atoms with Crippen LogP contribution in [0.15, 0.2) is 71.8 Å². The summed E-state index contributed by atoms with van der Waals surface area (Å²) >= 11 is 1.57. The number of rotatable bonds is 15. The summed E-state index contributed by atoms with van der Waals surface area (Å²) in [6.45, 7) is -0.0295. The van der Waals surface area contributed by atoms with Crippen LogP contribution in [0.1, 0.15) is 44.7 Å². The number of halogens is 1. The Labute approximate surface area is 231 Å². The first-order valence-electron chi connectivity index (χ1n) is 12.4. The summed E-state index contributed by atoms with van der Waals surface area (Å²) in [6, 6.07) is 19.1. The maximum Gasteiger partial charge on any atom is 0.273 e. The third kappa shape index (κ3) is 9.73. The number of thioether (sulfide) groups is 1. The Morgan fingerprint density at radius 3 is 2.56 bits per heavy atom. The van der Waals surface area contributed by atoms with Crippen LogP contribution in [0.5, 0.6) is 11.5 Å². The van der Waals surface area contributed by atoms with Crippen LogP contribution in [0.25, 0.3) is 0 Å². The number of methoxy groups -OCH3 is 1. The minimum Gasteiger partial charge on any atom is -0.497 e. The SMILES string of the molecule is COc1ccc(/C=N/NC(=O)c2cc(OCCCCF)ccc2NC(=O)c2cccc(CSCCO)c2)cc1. The molecule has 0 aliphatic heterocycles. The highest BCUT2D eigenvalue weighted by atomic mass is 32.2. The third-order valence-corrected chi connectivity index (χ3v) is 6.48. The molecule has 3 aromatic rings. The zero-order valence-electron chi connectivity index (χ0n) is 21.7. The lowest BCUT2D eigenvalue weighted by molar-refractivity contribution is 0.0955. The molecule has 0 atom stereocenters. The highest BCUT2D eigenvalue weighted by Gasteiger charge is 2.16. The molecule has 2 amide bonds. The average molecular weight is 554 g/mol. The van der Waals surface area contributed by atoms with E-state index in [1.807, 2.05) is 6.07 Å². The van der Waals surface area contributed by atoms with Gasteiger partial charge in [-0.2, -0.15) is 16.9 Å². The van der Waals surface area contributed by atoms with Gasteiger partial charge in [-0.1, -0.05) is 12.1 Å². The van der Waals surface area contributed by atoms with E-state index in [1.165, 1.54) is 12.3 Å². The monoisotopic (exact) mass is 553 g/mol. The number of hydrogen-bond donors (Lipinski definition) is 3. The van der Waals surface area contributed by atoms with E-state index in [9.17, 15) is 14.0 Å². The average Bonchev–Trinajstić information content (AvgIpc) is 2.96. The van der Waals surface area contributed by atoms with Crippen LogP contribution in [-0.4, -0.2) is 55.9 Å². The van der Waals surface area contributed by atoms with Crippen LogP contribution in [0.4, 0.5) is 10.1 Å². The number of nitrogens with zero attached hydrogens (tertiary/aromatic N) is 1. The van der Waals surface area contributed by atoms with Crippen LogP contribution < -0.4 is 20.2 Å². The van der Waals surface area contributed by atoms with E-state index in [1.54, 1.807) is 73.5 Å². The smallest absolute Gasteiger partial charge is 0.273 e. The number of alkyl halides is 1. The fourth-order valence-corrected chi connectivity index (χ4v) is 4.15. The van der Waals surface area contributed by atoms with Crippen molar-refractivity contribution in [1.82, 2.24) is 5.43 Å². The molecule has 0 spiro atoms. The fraction of sp³-hybridized carbons (Fsp3) is 0.276. The standard InChI is InChI=1S/C29H32FN3O5S/c1-37-24-9-7-21(8-10-24)19-31-33-29(36)26-18-25(38-15-3-2-13-30)11-12-27(26)32-28(35)23-6-4-5-22(17-23)20-39-16-14-34/h4-12,17-19,34H,2-3,13-16,20H2,1H3,(H,32,35)(H,33,36)/b31-19+. The maximum absolute atomic E-state index is 13.1. The summed E-state index contributed by atoms with van der Waals surface area (Å²) in [5, 5.41) is 15.8. The molecular formula is C29H32FN3O5S. The van der Waals surface area contributed by atoms with E-state index >= 15 is 0 Å². The number of carbonyl (C=O) groups is 2. The van der Waals surface area contributed by atoms with E-state index in [0.29, 0.717) is 48.0 Å². The van der Waals surface area contributed by atoms with Crippen molar-refractivity contribution in [2.45, 2.75) is 18.6 Å². The molecule has 0 bridgehead atoms. The third-order valence-electron chi connectivity index (χ3n) is 5.47. The molecule has 3 rings (SSSR count). The van der Waals surface area contributed by atoms with Crippen molar-refractivity contribution in [2.75, 3.05) is 38.1 Å². The number of amides is 2. The number of carbonyl (C=O) groups excluding carboxylic acids is 2. The van der Waals surface area contributed by atoms with Gasteiger partial charge < -0.3 is 19.9 Å². The van der Waals surface area contributed by atoms with E-state index in [2.05, 4.69) is 15.8 Å². The first kappa shape index (κ1) is 29.7. The van der Waals surface area contributed by atoms with Crippen molar-refractivity contribution in [3.8, 4) is 11.5 Å². The van der Waals surface area contributed by atoms with E-state index in [4.69, 9.17) is 14.6 Å². The number of aliphatic hydroxyl groups excluding tert-OH is 1. The van der Waals surface area contributed by atoms with Crippen LogP contribution in [0, 0.1) is 0 Å². The minimum absolute atomic E-state index is 0.0926. The highest BCUT2D eigenvalue weighted by Crippen LogP contribution is 2.24. The summed E-state index contributed by atoms with van der Waals surface area (Å²) < 4.78 is 23.2. The largest absolute Gasteiger partial charge is 0.497 e. The Morgan fingerprint density at radius 1 is 1.03 bits per heavy atom. The second-order valence-corrected chi connectivity index (χ2v) is 9.46. The van der Waals surface area contributed by atoms with Crippen molar-refractivity contribution in [3.05, 3.63) is 89.0 Å². The molecule has 3 N–H and O–H groups in total. The normalized spacial score (nSPS) is 10.8. The predicted octanol–water partition coefficient (Wildman–Crippen LogP) is 5.07. The summed E-state index contributed by atoms with van der Waals surface area (Å²) in [7, 11) is 1.58. The maximum atomic E-state index is 13.1. The molecule has 39 heavy (non-hydrogen) atoms. The molecule has 10 heteroatoms. The molecule has 3 aromatic carbocycles. The molecule has 0 saturated carbocycles. The van der Waals surface area contributed by atoms with Gasteiger partial charge in [-0.05, 0) is 78.6 Å². The zero-order valence-corrected chi connectivity index (χ0v) is 22.5. The number of ether oxygens (including phenoxy) is 2.